The molecule has 0 heterocycles. The predicted molar refractivity (Wildman–Crippen MR) is 192 cm³/mol. The number of Topliss-reactive ketones (excluding diaryl/α,β-unsaturated/α-hetero) is 1. The molecule has 0 aromatic heterocycles. The van der Waals surface area contributed by atoms with E-state index in [1.807, 2.05) is 72.8 Å². The van der Waals surface area contributed by atoms with Gasteiger partial charge in [0.2, 0.25) is 0 Å². The summed E-state index contributed by atoms with van der Waals surface area (Å²) in [5, 5.41) is 53.6. The van der Waals surface area contributed by atoms with Crippen LogP contribution in [0.25, 0.3) is 12.2 Å². The van der Waals surface area contributed by atoms with Crippen LogP contribution in [0.1, 0.15) is 56.9 Å². The van der Waals surface area contributed by atoms with Crippen molar-refractivity contribution in [3.8, 4) is 28.7 Å². The molecule has 5 aromatic rings. The van der Waals surface area contributed by atoms with E-state index in [0.29, 0.717) is 12.0 Å². The Bertz CT molecular complexity index is 1950. The van der Waals surface area contributed by atoms with Crippen molar-refractivity contribution in [3.05, 3.63) is 161 Å². The maximum atomic E-state index is 13.5. The van der Waals surface area contributed by atoms with Crippen molar-refractivity contribution in [1.29, 1.82) is 0 Å². The van der Waals surface area contributed by atoms with Gasteiger partial charge in [0.1, 0.15) is 34.3 Å². The van der Waals surface area contributed by atoms with Crippen molar-refractivity contribution in [2.75, 3.05) is 6.61 Å². The standard InChI is InChI=1S/C42H38O8/c43-33-20-14-30(15-21-33)12-7-13-32(27-50-38(48)25-17-29-10-5-2-6-11-29)39(31-18-22-34(44)23-19-31)41-37(47)26-36(46)40(42(41)49)35(45)24-16-28-8-3-1-4-9-28/h1-12,14-15,17-23,25-26,32,39,43-44,46-47,49H,13,16,24,27H2/b12-7+,25-17+. The van der Waals surface area contributed by atoms with Gasteiger partial charge in [-0.3, -0.25) is 4.79 Å². The van der Waals surface area contributed by atoms with Gasteiger partial charge in [0.05, 0.1) is 6.61 Å². The molecular weight excluding hydrogens is 632 g/mol. The minimum Gasteiger partial charge on any atom is -0.508 e. The number of hydrogen-bond acceptors (Lipinski definition) is 8. The molecule has 0 aliphatic rings. The lowest BCUT2D eigenvalue weighted by molar-refractivity contribution is -0.139. The molecule has 0 aliphatic carbocycles. The van der Waals surface area contributed by atoms with E-state index in [4.69, 9.17) is 4.74 Å². The molecule has 2 atom stereocenters. The third-order valence-corrected chi connectivity index (χ3v) is 8.39. The summed E-state index contributed by atoms with van der Waals surface area (Å²) in [6, 6.07) is 32.4. The lowest BCUT2D eigenvalue weighted by atomic mass is 9.77. The largest absolute Gasteiger partial charge is 0.508 e. The van der Waals surface area contributed by atoms with Crippen LogP contribution in [-0.4, -0.2) is 43.9 Å². The summed E-state index contributed by atoms with van der Waals surface area (Å²) in [4.78, 5) is 26.5. The number of carbonyl (C=O) groups is 2. The van der Waals surface area contributed by atoms with Crippen LogP contribution in [0.3, 0.4) is 0 Å². The van der Waals surface area contributed by atoms with Gasteiger partial charge in [0.15, 0.2) is 5.78 Å². The molecule has 50 heavy (non-hydrogen) atoms. The molecule has 0 bridgehead atoms. The fourth-order valence-electron chi connectivity index (χ4n) is 5.85. The predicted octanol–water partition coefficient (Wildman–Crippen LogP) is 8.14. The van der Waals surface area contributed by atoms with E-state index in [9.17, 15) is 35.1 Å². The van der Waals surface area contributed by atoms with Crippen molar-refractivity contribution in [2.24, 2.45) is 5.92 Å². The lowest BCUT2D eigenvalue weighted by Crippen LogP contribution is -2.22. The molecule has 0 fully saturated rings. The Balaban J connectivity index is 1.53. The number of ketones is 1. The van der Waals surface area contributed by atoms with Crippen LogP contribution in [0, 0.1) is 5.92 Å². The second-order valence-electron chi connectivity index (χ2n) is 11.9. The highest BCUT2D eigenvalue weighted by Crippen LogP contribution is 2.48. The number of aryl methyl sites for hydroxylation is 1. The first kappa shape index (κ1) is 35.0. The number of phenolic OH excluding ortho intramolecular Hbond substituents is 5. The quantitative estimate of drug-likeness (QED) is 0.0453. The number of ether oxygens (including phenoxy) is 1. The molecule has 0 aliphatic heterocycles. The zero-order valence-electron chi connectivity index (χ0n) is 27.2. The molecule has 8 nitrogen and oxygen atoms in total. The third kappa shape index (κ3) is 9.20. The van der Waals surface area contributed by atoms with Gasteiger partial charge in [-0.15, -0.1) is 0 Å². The van der Waals surface area contributed by atoms with Crippen LogP contribution in [0.2, 0.25) is 0 Å². The number of carbonyl (C=O) groups excluding carboxylic acids is 2. The zero-order chi connectivity index (χ0) is 35.5. The molecule has 5 N–H and O–H groups in total. The first-order valence-corrected chi connectivity index (χ1v) is 16.2. The smallest absolute Gasteiger partial charge is 0.330 e. The van der Waals surface area contributed by atoms with E-state index in [2.05, 4.69) is 0 Å². The average molecular weight is 671 g/mol. The summed E-state index contributed by atoms with van der Waals surface area (Å²) in [6.45, 7) is -0.166. The Kier molecular flexibility index (Phi) is 11.7. The first-order chi connectivity index (χ1) is 24.2. The summed E-state index contributed by atoms with van der Waals surface area (Å²) in [7, 11) is 0. The normalized spacial score (nSPS) is 12.6. The molecule has 0 radical (unpaired) electrons. The molecule has 0 spiro atoms. The highest BCUT2D eigenvalue weighted by molar-refractivity contribution is 6.02. The van der Waals surface area contributed by atoms with Gasteiger partial charge < -0.3 is 30.3 Å². The van der Waals surface area contributed by atoms with Gasteiger partial charge in [-0.2, -0.15) is 0 Å². The fourth-order valence-corrected chi connectivity index (χ4v) is 5.85. The summed E-state index contributed by atoms with van der Waals surface area (Å²) < 4.78 is 5.74. The van der Waals surface area contributed by atoms with Gasteiger partial charge in [0, 0.05) is 36.0 Å². The van der Waals surface area contributed by atoms with Crippen LogP contribution in [0.5, 0.6) is 28.7 Å². The first-order valence-electron chi connectivity index (χ1n) is 16.2. The van der Waals surface area contributed by atoms with Crippen LogP contribution < -0.4 is 0 Å². The Morgan fingerprint density at radius 2 is 1.28 bits per heavy atom. The minimum absolute atomic E-state index is 0.00955. The maximum absolute atomic E-state index is 13.5. The number of benzene rings is 5. The minimum atomic E-state index is -0.882. The summed E-state index contributed by atoms with van der Waals surface area (Å²) >= 11 is 0. The monoisotopic (exact) mass is 670 g/mol. The summed E-state index contributed by atoms with van der Waals surface area (Å²) in [5.41, 5.74) is 2.70. The number of hydrogen-bond donors (Lipinski definition) is 5. The molecule has 5 rings (SSSR count). The van der Waals surface area contributed by atoms with Gasteiger partial charge >= 0.3 is 5.97 Å². The van der Waals surface area contributed by atoms with E-state index in [1.54, 1.807) is 42.5 Å². The third-order valence-electron chi connectivity index (χ3n) is 8.39. The molecular formula is C42H38O8. The number of esters is 1. The van der Waals surface area contributed by atoms with Crippen LogP contribution in [-0.2, 0) is 16.0 Å². The van der Waals surface area contributed by atoms with E-state index in [-0.39, 0.29) is 42.1 Å². The average Bonchev–Trinajstić information content (AvgIpc) is 3.12. The van der Waals surface area contributed by atoms with Crippen molar-refractivity contribution in [3.63, 3.8) is 0 Å². The van der Waals surface area contributed by atoms with Crippen LogP contribution in [0.15, 0.2) is 127 Å². The molecule has 5 aromatic carbocycles. The summed E-state index contributed by atoms with van der Waals surface area (Å²) in [5.74, 6) is -4.13. The van der Waals surface area contributed by atoms with Crippen molar-refractivity contribution in [2.45, 2.75) is 25.2 Å². The fraction of sp³-hybridized carbons (Fsp3) is 0.143. The summed E-state index contributed by atoms with van der Waals surface area (Å²) in [6.07, 6.45) is 7.23. The van der Waals surface area contributed by atoms with Gasteiger partial charge in [0.25, 0.3) is 0 Å². The van der Waals surface area contributed by atoms with Gasteiger partial charge in [-0.25, -0.2) is 4.79 Å². The van der Waals surface area contributed by atoms with E-state index >= 15 is 0 Å². The number of rotatable bonds is 14. The zero-order valence-corrected chi connectivity index (χ0v) is 27.2. The van der Waals surface area contributed by atoms with Crippen molar-refractivity contribution in [1.82, 2.24) is 0 Å². The molecule has 254 valence electrons. The SMILES string of the molecule is O=C(/C=C/c1ccccc1)OCC(C/C=C/c1ccc(O)cc1)C(c1ccc(O)cc1)c1c(O)cc(O)c(C(=O)CCc2ccccc2)c1O. The Morgan fingerprint density at radius 1 is 0.680 bits per heavy atom. The molecule has 0 amide bonds. The van der Waals surface area contributed by atoms with Crippen molar-refractivity contribution >= 4 is 23.9 Å². The lowest BCUT2D eigenvalue weighted by Gasteiger charge is -2.29. The molecule has 2 unspecified atom stereocenters. The highest BCUT2D eigenvalue weighted by Gasteiger charge is 2.34. The van der Waals surface area contributed by atoms with Gasteiger partial charge in [-0.05, 0) is 65.4 Å². The Hall–Kier alpha value is -6.28. The second kappa shape index (κ2) is 16.7. The van der Waals surface area contributed by atoms with E-state index in [0.717, 1.165) is 22.8 Å². The second-order valence-corrected chi connectivity index (χ2v) is 11.9. The van der Waals surface area contributed by atoms with Crippen LogP contribution >= 0.6 is 0 Å². The Labute approximate surface area is 290 Å². The van der Waals surface area contributed by atoms with Crippen molar-refractivity contribution < 1.29 is 39.9 Å². The molecule has 0 saturated heterocycles. The number of aromatic hydroxyl groups is 5. The van der Waals surface area contributed by atoms with Crippen LogP contribution in [0.4, 0.5) is 0 Å². The van der Waals surface area contributed by atoms with E-state index in [1.165, 1.54) is 18.2 Å². The van der Waals surface area contributed by atoms with Gasteiger partial charge in [-0.1, -0.05) is 97.1 Å². The Morgan fingerprint density at radius 3 is 1.94 bits per heavy atom. The molecule has 0 saturated carbocycles. The molecule has 8 heteroatoms. The highest BCUT2D eigenvalue weighted by atomic mass is 16.5. The number of phenols is 5. The number of allylic oxidation sites excluding steroid dienone is 1. The maximum Gasteiger partial charge on any atom is 0.330 e. The van der Waals surface area contributed by atoms with E-state index < -0.39 is 40.8 Å². The topological polar surface area (TPSA) is 145 Å².